The molecule has 8 nitrogen and oxygen atoms in total. The van der Waals surface area contributed by atoms with E-state index in [4.69, 9.17) is 14.7 Å². The summed E-state index contributed by atoms with van der Waals surface area (Å²) < 4.78 is 39.0. The maximum absolute atomic E-state index is 13.3. The minimum atomic E-state index is -4.05. The lowest BCUT2D eigenvalue weighted by atomic mass is 9.95. The largest absolute Gasteiger partial charge is 0.481 e. The topological polar surface area (TPSA) is 105 Å². The monoisotopic (exact) mass is 458 g/mol. The Morgan fingerprint density at radius 1 is 1.22 bits per heavy atom. The highest BCUT2D eigenvalue weighted by Crippen LogP contribution is 2.33. The SMILES string of the molecule is CC1CN(S(=O)(=O)c2ccc(OCC#Cc3ccccc3)cc2)C(C(=O)NO)C(C)(C)O1. The predicted molar refractivity (Wildman–Crippen MR) is 117 cm³/mol. The zero-order valence-electron chi connectivity index (χ0n) is 18.1. The highest BCUT2D eigenvalue weighted by molar-refractivity contribution is 7.89. The molecule has 1 saturated heterocycles. The molecule has 0 radical (unpaired) electrons. The standard InChI is InChI=1S/C23H26N2O6S/c1-17-16-25(21(22(26)24-27)23(2,3)31-17)32(28,29)20-13-11-19(12-14-20)30-15-7-10-18-8-5-4-6-9-18/h4-6,8-9,11-14,17,21,27H,15-16H2,1-3H3,(H,24,26). The zero-order valence-corrected chi connectivity index (χ0v) is 18.9. The van der Waals surface area contributed by atoms with Gasteiger partial charge in [0.15, 0.2) is 0 Å². The van der Waals surface area contributed by atoms with Gasteiger partial charge in [0.1, 0.15) is 18.4 Å². The number of hydroxylamine groups is 1. The van der Waals surface area contributed by atoms with E-state index in [9.17, 15) is 13.2 Å². The van der Waals surface area contributed by atoms with Gasteiger partial charge in [0, 0.05) is 12.1 Å². The lowest BCUT2D eigenvalue weighted by molar-refractivity contribution is -0.167. The van der Waals surface area contributed by atoms with Crippen LogP contribution in [0.4, 0.5) is 0 Å². The van der Waals surface area contributed by atoms with Gasteiger partial charge in [-0.1, -0.05) is 30.0 Å². The van der Waals surface area contributed by atoms with E-state index < -0.39 is 33.7 Å². The molecule has 3 rings (SSSR count). The Morgan fingerprint density at radius 2 is 1.88 bits per heavy atom. The Bertz CT molecular complexity index is 1100. The van der Waals surface area contributed by atoms with E-state index in [1.807, 2.05) is 30.3 Å². The summed E-state index contributed by atoms with van der Waals surface area (Å²) in [5.74, 6) is 5.49. The van der Waals surface area contributed by atoms with Crippen molar-refractivity contribution in [3.05, 3.63) is 60.2 Å². The second-order valence-corrected chi connectivity index (χ2v) is 9.80. The fourth-order valence-electron chi connectivity index (χ4n) is 3.69. The van der Waals surface area contributed by atoms with Gasteiger partial charge in [-0.05, 0) is 57.2 Å². The maximum Gasteiger partial charge on any atom is 0.264 e. The molecule has 0 saturated carbocycles. The smallest absolute Gasteiger partial charge is 0.264 e. The lowest BCUT2D eigenvalue weighted by Crippen LogP contribution is -2.65. The van der Waals surface area contributed by atoms with Gasteiger partial charge in [-0.3, -0.25) is 10.0 Å². The molecule has 2 N–H and O–H groups in total. The fourth-order valence-corrected chi connectivity index (χ4v) is 5.48. The highest BCUT2D eigenvalue weighted by atomic mass is 32.2. The van der Waals surface area contributed by atoms with Crippen LogP contribution in [-0.4, -0.2) is 54.7 Å². The number of nitrogens with zero attached hydrogens (tertiary/aromatic N) is 1. The average Bonchev–Trinajstić information content (AvgIpc) is 2.76. The fraction of sp³-hybridized carbons (Fsp3) is 0.348. The summed E-state index contributed by atoms with van der Waals surface area (Å²) in [4.78, 5) is 12.3. The molecule has 9 heteroatoms. The molecule has 1 aliphatic heterocycles. The van der Waals surface area contributed by atoms with Gasteiger partial charge >= 0.3 is 0 Å². The number of hydrogen-bond acceptors (Lipinski definition) is 6. The van der Waals surface area contributed by atoms with Crippen molar-refractivity contribution in [2.24, 2.45) is 0 Å². The van der Waals surface area contributed by atoms with E-state index in [1.165, 1.54) is 24.3 Å². The third kappa shape index (κ3) is 5.29. The summed E-state index contributed by atoms with van der Waals surface area (Å²) in [5.41, 5.74) is 1.29. The second kappa shape index (κ2) is 9.71. The Hall–Kier alpha value is -2.90. The third-order valence-electron chi connectivity index (χ3n) is 4.99. The van der Waals surface area contributed by atoms with Crippen LogP contribution in [0.25, 0.3) is 0 Å². The molecule has 0 spiro atoms. The molecule has 1 aliphatic rings. The van der Waals surface area contributed by atoms with E-state index >= 15 is 0 Å². The number of carbonyl (C=O) groups excluding carboxylic acids is 1. The van der Waals surface area contributed by atoms with Gasteiger partial charge in [-0.25, -0.2) is 13.9 Å². The molecule has 2 atom stereocenters. The lowest BCUT2D eigenvalue weighted by Gasteiger charge is -2.46. The van der Waals surface area contributed by atoms with Crippen LogP contribution < -0.4 is 10.2 Å². The average molecular weight is 459 g/mol. The number of ether oxygens (including phenoxy) is 2. The van der Waals surface area contributed by atoms with Crippen molar-refractivity contribution in [3.63, 3.8) is 0 Å². The number of benzene rings is 2. The van der Waals surface area contributed by atoms with Crippen molar-refractivity contribution >= 4 is 15.9 Å². The van der Waals surface area contributed by atoms with Crippen LogP contribution >= 0.6 is 0 Å². The number of hydrogen-bond donors (Lipinski definition) is 2. The van der Waals surface area contributed by atoms with Crippen molar-refractivity contribution < 1.29 is 27.9 Å². The van der Waals surface area contributed by atoms with Gasteiger partial charge in [0.25, 0.3) is 5.91 Å². The molecule has 1 amide bonds. The predicted octanol–water partition coefficient (Wildman–Crippen LogP) is 2.18. The van der Waals surface area contributed by atoms with E-state index in [2.05, 4.69) is 11.8 Å². The molecule has 2 unspecified atom stereocenters. The van der Waals surface area contributed by atoms with Gasteiger partial charge in [0.05, 0.1) is 16.6 Å². The quantitative estimate of drug-likeness (QED) is 0.404. The van der Waals surface area contributed by atoms with Crippen LogP contribution in [-0.2, 0) is 19.6 Å². The van der Waals surface area contributed by atoms with Crippen molar-refractivity contribution in [2.75, 3.05) is 13.2 Å². The van der Waals surface area contributed by atoms with Crippen molar-refractivity contribution in [3.8, 4) is 17.6 Å². The molecule has 2 aromatic carbocycles. The van der Waals surface area contributed by atoms with Crippen LogP contribution in [0.1, 0.15) is 26.3 Å². The van der Waals surface area contributed by atoms with Gasteiger partial charge in [0.2, 0.25) is 10.0 Å². The normalized spacial score (nSPS) is 20.6. The summed E-state index contributed by atoms with van der Waals surface area (Å²) in [6, 6.07) is 14.2. The molecule has 1 heterocycles. The minimum Gasteiger partial charge on any atom is -0.481 e. The van der Waals surface area contributed by atoms with E-state index in [1.54, 1.807) is 26.3 Å². The molecule has 0 bridgehead atoms. The third-order valence-corrected chi connectivity index (χ3v) is 6.84. The number of nitrogens with one attached hydrogen (secondary N) is 1. The summed E-state index contributed by atoms with van der Waals surface area (Å²) in [7, 11) is -4.05. The van der Waals surface area contributed by atoms with E-state index in [-0.39, 0.29) is 18.0 Å². The molecule has 32 heavy (non-hydrogen) atoms. The summed E-state index contributed by atoms with van der Waals surface area (Å²) in [6.45, 7) is 5.06. The summed E-state index contributed by atoms with van der Waals surface area (Å²) in [5, 5.41) is 9.15. The van der Waals surface area contributed by atoms with Crippen molar-refractivity contribution in [1.29, 1.82) is 0 Å². The van der Waals surface area contributed by atoms with Crippen molar-refractivity contribution in [1.82, 2.24) is 9.79 Å². The van der Waals surface area contributed by atoms with Gasteiger partial charge in [-0.2, -0.15) is 4.31 Å². The number of sulfonamides is 1. The Balaban J connectivity index is 1.76. The summed E-state index contributed by atoms with van der Waals surface area (Å²) in [6.07, 6.45) is -0.437. The van der Waals surface area contributed by atoms with Crippen LogP contribution in [0.5, 0.6) is 5.75 Å². The molecule has 170 valence electrons. The van der Waals surface area contributed by atoms with Crippen LogP contribution in [0.15, 0.2) is 59.5 Å². The Morgan fingerprint density at radius 3 is 2.50 bits per heavy atom. The van der Waals surface area contributed by atoms with Crippen molar-refractivity contribution in [2.45, 2.75) is 43.4 Å². The van der Waals surface area contributed by atoms with Crippen LogP contribution in [0.2, 0.25) is 0 Å². The van der Waals surface area contributed by atoms with Gasteiger partial charge in [-0.15, -0.1) is 0 Å². The Labute approximate surface area is 188 Å². The minimum absolute atomic E-state index is 0.000796. The van der Waals surface area contributed by atoms with E-state index in [0.29, 0.717) is 5.75 Å². The Kier molecular flexibility index (Phi) is 7.21. The molecular formula is C23H26N2O6S. The number of amides is 1. The maximum atomic E-state index is 13.3. The van der Waals surface area contributed by atoms with Crippen LogP contribution in [0, 0.1) is 11.8 Å². The molecule has 0 aliphatic carbocycles. The second-order valence-electron chi connectivity index (χ2n) is 7.91. The first-order valence-corrected chi connectivity index (χ1v) is 11.5. The van der Waals surface area contributed by atoms with Gasteiger partial charge < -0.3 is 9.47 Å². The number of carbonyl (C=O) groups is 1. The molecular weight excluding hydrogens is 432 g/mol. The highest BCUT2D eigenvalue weighted by Gasteiger charge is 2.50. The first kappa shape index (κ1) is 23.8. The summed E-state index contributed by atoms with van der Waals surface area (Å²) >= 11 is 0. The first-order chi connectivity index (χ1) is 15.1. The molecule has 0 aromatic heterocycles. The first-order valence-electron chi connectivity index (χ1n) is 10.1. The number of rotatable bonds is 5. The zero-order chi connectivity index (χ0) is 23.4. The molecule has 2 aromatic rings. The van der Waals surface area contributed by atoms with Crippen LogP contribution in [0.3, 0.4) is 0 Å². The van der Waals surface area contributed by atoms with E-state index in [0.717, 1.165) is 9.87 Å². The molecule has 1 fully saturated rings. The number of morpholine rings is 1.